The first-order valence-corrected chi connectivity index (χ1v) is 5.57. The maximum atomic E-state index is 10.8. The van der Waals surface area contributed by atoms with Gasteiger partial charge < -0.3 is 9.84 Å². The van der Waals surface area contributed by atoms with Crippen LogP contribution in [0.15, 0.2) is 18.2 Å². The first-order valence-electron chi connectivity index (χ1n) is 5.57. The molecule has 0 aliphatic heterocycles. The number of ether oxygens (including phenoxy) is 1. The molecule has 5 nitrogen and oxygen atoms in total. The summed E-state index contributed by atoms with van der Waals surface area (Å²) in [7, 11) is 1.42. The van der Waals surface area contributed by atoms with E-state index in [1.54, 1.807) is 12.1 Å². The van der Waals surface area contributed by atoms with E-state index in [0.29, 0.717) is 0 Å². The highest BCUT2D eigenvalue weighted by Crippen LogP contribution is 2.45. The van der Waals surface area contributed by atoms with Crippen LogP contribution >= 0.6 is 0 Å². The second-order valence-electron chi connectivity index (χ2n) is 4.44. The van der Waals surface area contributed by atoms with Crippen LogP contribution in [-0.4, -0.2) is 23.7 Å². The summed E-state index contributed by atoms with van der Waals surface area (Å²) in [5.41, 5.74) is 0.667. The van der Waals surface area contributed by atoms with Crippen LogP contribution < -0.4 is 4.74 Å². The predicted octanol–water partition coefficient (Wildman–Crippen LogP) is 2.02. The Morgan fingerprint density at radius 3 is 2.65 bits per heavy atom. The lowest BCUT2D eigenvalue weighted by Gasteiger charge is -2.40. The van der Waals surface area contributed by atoms with E-state index in [1.165, 1.54) is 13.2 Å². The van der Waals surface area contributed by atoms with Crippen LogP contribution in [0.1, 0.15) is 24.8 Å². The molecule has 1 saturated carbocycles. The Morgan fingerprint density at radius 2 is 2.24 bits per heavy atom. The highest BCUT2D eigenvalue weighted by Gasteiger charge is 2.38. The first kappa shape index (κ1) is 11.9. The minimum atomic E-state index is -0.463. The molecule has 0 spiro atoms. The molecule has 0 heterocycles. The van der Waals surface area contributed by atoms with Crippen molar-refractivity contribution in [2.45, 2.75) is 24.7 Å². The topological polar surface area (TPSA) is 72.6 Å². The van der Waals surface area contributed by atoms with Crippen molar-refractivity contribution >= 4 is 5.69 Å². The summed E-state index contributed by atoms with van der Waals surface area (Å²) in [4.78, 5) is 10.3. The summed E-state index contributed by atoms with van der Waals surface area (Å²) in [6.07, 6.45) is 2.93. The molecule has 0 atom stereocenters. The number of nitrogens with zero attached hydrogens (tertiary/aromatic N) is 1. The van der Waals surface area contributed by atoms with Gasteiger partial charge in [0.1, 0.15) is 0 Å². The molecule has 92 valence electrons. The van der Waals surface area contributed by atoms with Gasteiger partial charge in [-0.05, 0) is 24.5 Å². The zero-order chi connectivity index (χ0) is 12.5. The molecule has 17 heavy (non-hydrogen) atoms. The minimum absolute atomic E-state index is 0.0383. The average molecular weight is 237 g/mol. The van der Waals surface area contributed by atoms with E-state index in [0.717, 1.165) is 24.8 Å². The van der Waals surface area contributed by atoms with Crippen molar-refractivity contribution in [3.8, 4) is 5.75 Å². The van der Waals surface area contributed by atoms with Crippen molar-refractivity contribution in [3.05, 3.63) is 33.9 Å². The van der Waals surface area contributed by atoms with Crippen LogP contribution in [0, 0.1) is 10.1 Å². The second kappa shape index (κ2) is 4.33. The number of nitro groups is 1. The summed E-state index contributed by atoms with van der Waals surface area (Å²) in [6, 6.07) is 4.84. The van der Waals surface area contributed by atoms with E-state index in [4.69, 9.17) is 4.74 Å². The van der Waals surface area contributed by atoms with Crippen LogP contribution in [-0.2, 0) is 5.41 Å². The molecular weight excluding hydrogens is 222 g/mol. The Balaban J connectivity index is 2.41. The number of benzene rings is 1. The Bertz CT molecular complexity index is 435. The average Bonchev–Trinajstić information content (AvgIpc) is 2.28. The maximum Gasteiger partial charge on any atom is 0.310 e. The van der Waals surface area contributed by atoms with E-state index < -0.39 is 4.92 Å². The van der Waals surface area contributed by atoms with Crippen molar-refractivity contribution in [2.24, 2.45) is 0 Å². The fourth-order valence-electron chi connectivity index (χ4n) is 2.30. The van der Waals surface area contributed by atoms with Crippen molar-refractivity contribution < 1.29 is 14.8 Å². The highest BCUT2D eigenvalue weighted by molar-refractivity contribution is 5.50. The van der Waals surface area contributed by atoms with Gasteiger partial charge in [-0.1, -0.05) is 12.5 Å². The summed E-state index contributed by atoms with van der Waals surface area (Å²) in [6.45, 7) is 0.0773. The van der Waals surface area contributed by atoms with Gasteiger partial charge >= 0.3 is 5.69 Å². The SMILES string of the molecule is COc1cc(C2(CO)CCC2)ccc1[N+](=O)[O-]. The molecule has 1 fully saturated rings. The molecule has 1 aromatic rings. The minimum Gasteiger partial charge on any atom is -0.490 e. The number of hydrogen-bond donors (Lipinski definition) is 1. The fraction of sp³-hybridized carbons (Fsp3) is 0.500. The molecule has 0 unspecified atom stereocenters. The normalized spacial score (nSPS) is 17.3. The molecule has 1 aliphatic rings. The maximum absolute atomic E-state index is 10.8. The lowest BCUT2D eigenvalue weighted by atomic mass is 9.65. The van der Waals surface area contributed by atoms with Crippen molar-refractivity contribution in [3.63, 3.8) is 0 Å². The predicted molar refractivity (Wildman–Crippen MR) is 62.3 cm³/mol. The molecular formula is C12H15NO4. The number of rotatable bonds is 4. The van der Waals surface area contributed by atoms with E-state index in [2.05, 4.69) is 0 Å². The molecule has 1 N–H and O–H groups in total. The van der Waals surface area contributed by atoms with Crippen molar-refractivity contribution in [1.29, 1.82) is 0 Å². The first-order chi connectivity index (χ1) is 8.13. The number of aliphatic hydroxyl groups excluding tert-OH is 1. The molecule has 1 aromatic carbocycles. The largest absolute Gasteiger partial charge is 0.490 e. The zero-order valence-corrected chi connectivity index (χ0v) is 9.68. The van der Waals surface area contributed by atoms with Crippen LogP contribution in [0.2, 0.25) is 0 Å². The van der Waals surface area contributed by atoms with E-state index in [9.17, 15) is 15.2 Å². The monoisotopic (exact) mass is 237 g/mol. The summed E-state index contributed by atoms with van der Waals surface area (Å²) < 4.78 is 5.03. The Morgan fingerprint density at radius 1 is 1.53 bits per heavy atom. The molecule has 1 aliphatic carbocycles. The Hall–Kier alpha value is -1.62. The fourth-order valence-corrected chi connectivity index (χ4v) is 2.30. The van der Waals surface area contributed by atoms with Gasteiger partial charge in [-0.25, -0.2) is 0 Å². The van der Waals surface area contributed by atoms with Crippen LogP contribution in [0.25, 0.3) is 0 Å². The molecule has 5 heteroatoms. The van der Waals surface area contributed by atoms with Crippen LogP contribution in [0.3, 0.4) is 0 Å². The van der Waals surface area contributed by atoms with E-state index in [-0.39, 0.29) is 23.5 Å². The third kappa shape index (κ3) is 1.86. The molecule has 0 radical (unpaired) electrons. The van der Waals surface area contributed by atoms with Crippen LogP contribution in [0.5, 0.6) is 5.75 Å². The number of hydrogen-bond acceptors (Lipinski definition) is 4. The van der Waals surface area contributed by atoms with Gasteiger partial charge in [0.05, 0.1) is 18.6 Å². The molecule has 2 rings (SSSR count). The van der Waals surface area contributed by atoms with Gasteiger partial charge in [0.2, 0.25) is 0 Å². The van der Waals surface area contributed by atoms with Gasteiger partial charge in [0.15, 0.2) is 5.75 Å². The van der Waals surface area contributed by atoms with Gasteiger partial charge in [-0.3, -0.25) is 10.1 Å². The molecule has 0 amide bonds. The van der Waals surface area contributed by atoms with Gasteiger partial charge in [-0.15, -0.1) is 0 Å². The summed E-state index contributed by atoms with van der Waals surface area (Å²) in [5, 5.41) is 20.2. The van der Waals surface area contributed by atoms with Crippen molar-refractivity contribution in [2.75, 3.05) is 13.7 Å². The smallest absolute Gasteiger partial charge is 0.310 e. The third-order valence-electron chi connectivity index (χ3n) is 3.60. The van der Waals surface area contributed by atoms with Gasteiger partial charge in [0, 0.05) is 11.5 Å². The molecule has 0 bridgehead atoms. The molecule has 0 aromatic heterocycles. The van der Waals surface area contributed by atoms with Gasteiger partial charge in [0.25, 0.3) is 0 Å². The van der Waals surface area contributed by atoms with Crippen molar-refractivity contribution in [1.82, 2.24) is 0 Å². The summed E-state index contributed by atoms with van der Waals surface area (Å²) in [5.74, 6) is 0.257. The van der Waals surface area contributed by atoms with Crippen LogP contribution in [0.4, 0.5) is 5.69 Å². The van der Waals surface area contributed by atoms with E-state index in [1.807, 2.05) is 0 Å². The Kier molecular flexibility index (Phi) is 3.02. The third-order valence-corrected chi connectivity index (χ3v) is 3.60. The lowest BCUT2D eigenvalue weighted by Crippen LogP contribution is -2.37. The standard InChI is InChI=1S/C12H15NO4/c1-17-11-7-9(3-4-10(11)13(15)16)12(8-14)5-2-6-12/h3-4,7,14H,2,5-6,8H2,1H3. The lowest BCUT2D eigenvalue weighted by molar-refractivity contribution is -0.385. The van der Waals surface area contributed by atoms with E-state index >= 15 is 0 Å². The second-order valence-corrected chi connectivity index (χ2v) is 4.44. The number of nitro benzene ring substituents is 1. The molecule has 0 saturated heterocycles. The summed E-state index contributed by atoms with van der Waals surface area (Å²) >= 11 is 0. The van der Waals surface area contributed by atoms with Gasteiger partial charge in [-0.2, -0.15) is 0 Å². The zero-order valence-electron chi connectivity index (χ0n) is 9.68. The highest BCUT2D eigenvalue weighted by atomic mass is 16.6. The number of methoxy groups -OCH3 is 1. The number of aliphatic hydroxyl groups is 1. The quantitative estimate of drug-likeness (QED) is 0.642. The Labute approximate surface area is 99.2 Å².